The van der Waals surface area contributed by atoms with Gasteiger partial charge in [0, 0.05) is 6.20 Å². The zero-order chi connectivity index (χ0) is 13.1. The summed E-state index contributed by atoms with van der Waals surface area (Å²) in [5.41, 5.74) is 2.51. The van der Waals surface area contributed by atoms with E-state index in [2.05, 4.69) is 44.9 Å². The van der Waals surface area contributed by atoms with E-state index in [1.807, 2.05) is 6.07 Å². The van der Waals surface area contributed by atoms with Gasteiger partial charge in [0.15, 0.2) is 0 Å². The third kappa shape index (κ3) is 3.65. The van der Waals surface area contributed by atoms with Gasteiger partial charge >= 0.3 is 0 Å². The highest BCUT2D eigenvalue weighted by molar-refractivity contribution is 6.48. The Morgan fingerprint density at radius 1 is 1.41 bits per heavy atom. The number of rotatable bonds is 3. The summed E-state index contributed by atoms with van der Waals surface area (Å²) in [6.45, 7) is 11.1. The van der Waals surface area contributed by atoms with Crippen LogP contribution in [0.15, 0.2) is 12.3 Å². The maximum atomic E-state index is 9.14. The molecule has 1 rings (SSSR count). The summed E-state index contributed by atoms with van der Waals surface area (Å²) >= 11 is 0. The molecule has 0 spiro atoms. The fraction of sp³-hybridized carbons (Fsp3) is 0.538. The van der Waals surface area contributed by atoms with Crippen molar-refractivity contribution in [2.75, 3.05) is 0 Å². The smallest absolute Gasteiger partial charge is 0.205 e. The van der Waals surface area contributed by atoms with Crippen LogP contribution in [0.25, 0.3) is 0 Å². The maximum Gasteiger partial charge on any atom is 0.205 e. The second-order valence-electron chi connectivity index (χ2n) is 5.25. The van der Waals surface area contributed by atoms with E-state index in [-0.39, 0.29) is 5.41 Å². The molecule has 0 saturated heterocycles. The Morgan fingerprint density at radius 2 is 2.06 bits per heavy atom. The van der Waals surface area contributed by atoms with Crippen LogP contribution < -0.4 is 0 Å². The van der Waals surface area contributed by atoms with E-state index in [1.165, 1.54) is 0 Å². The number of nitrogens with zero attached hydrogens (tertiary/aromatic N) is 2. The van der Waals surface area contributed by atoms with Gasteiger partial charge in [0.1, 0.15) is 11.8 Å². The predicted molar refractivity (Wildman–Crippen MR) is 69.9 cm³/mol. The van der Waals surface area contributed by atoms with Gasteiger partial charge in [-0.3, -0.25) is 0 Å². The molecule has 0 bridgehead atoms. The fourth-order valence-corrected chi connectivity index (χ4v) is 2.21. The summed E-state index contributed by atoms with van der Waals surface area (Å²) in [5.74, 6) is 0. The Labute approximate surface area is 105 Å². The zero-order valence-electron chi connectivity index (χ0n) is 11.2. The van der Waals surface area contributed by atoms with Crippen LogP contribution in [0.3, 0.4) is 0 Å². The summed E-state index contributed by atoms with van der Waals surface area (Å²) in [7, 11) is -0.716. The number of nitriles is 1. The molecule has 1 aromatic heterocycles. The fourth-order valence-electron chi connectivity index (χ4n) is 1.77. The Kier molecular flexibility index (Phi) is 4.44. The van der Waals surface area contributed by atoms with Crippen LogP contribution in [0, 0.1) is 11.3 Å². The minimum absolute atomic E-state index is 0.0909. The van der Waals surface area contributed by atoms with Crippen LogP contribution in [0.5, 0.6) is 0 Å². The molecule has 0 aliphatic carbocycles. The Hall–Kier alpha value is -1.18. The molecule has 1 heterocycles. The van der Waals surface area contributed by atoms with Gasteiger partial charge in [-0.2, -0.15) is 5.26 Å². The van der Waals surface area contributed by atoms with E-state index in [0.717, 1.165) is 11.1 Å². The van der Waals surface area contributed by atoms with Crippen molar-refractivity contribution >= 4 is 9.04 Å². The largest absolute Gasteiger partial charge is 0.413 e. The molecule has 1 aromatic rings. The second kappa shape index (κ2) is 5.43. The van der Waals surface area contributed by atoms with Crippen molar-refractivity contribution in [1.29, 1.82) is 5.26 Å². The molecule has 0 aliphatic heterocycles. The number of hydrogen-bond donors (Lipinski definition) is 0. The molecule has 0 fully saturated rings. The third-order valence-corrected chi connectivity index (χ3v) is 3.13. The Bertz CT molecular complexity index is 430. The Balaban J connectivity index is 3.17. The first kappa shape index (κ1) is 13.9. The molecular weight excluding hydrogens is 228 g/mol. The molecule has 0 amide bonds. The van der Waals surface area contributed by atoms with E-state index in [0.29, 0.717) is 12.3 Å². The lowest BCUT2D eigenvalue weighted by Crippen LogP contribution is -2.19. The minimum Gasteiger partial charge on any atom is -0.413 e. The van der Waals surface area contributed by atoms with Gasteiger partial charge in [0.2, 0.25) is 9.04 Å². The lowest BCUT2D eigenvalue weighted by atomic mass is 9.83. The highest BCUT2D eigenvalue weighted by Gasteiger charge is 2.22. The van der Waals surface area contributed by atoms with Crippen molar-refractivity contribution < 1.29 is 4.43 Å². The second-order valence-corrected chi connectivity index (χ2v) is 7.36. The monoisotopic (exact) mass is 247 g/mol. The summed E-state index contributed by atoms with van der Waals surface area (Å²) in [5, 5.41) is 9.14. The molecule has 0 unspecified atom stereocenters. The van der Waals surface area contributed by atoms with Crippen LogP contribution in [-0.2, 0) is 16.4 Å². The molecule has 3 nitrogen and oxygen atoms in total. The maximum absolute atomic E-state index is 9.14. The third-order valence-electron chi connectivity index (χ3n) is 2.41. The average molecular weight is 247 g/mol. The van der Waals surface area contributed by atoms with Crippen LogP contribution in [-0.4, -0.2) is 14.0 Å². The van der Waals surface area contributed by atoms with Gasteiger partial charge in [0.25, 0.3) is 0 Å². The van der Waals surface area contributed by atoms with Crippen molar-refractivity contribution in [2.45, 2.75) is 45.9 Å². The molecule has 17 heavy (non-hydrogen) atoms. The summed E-state index contributed by atoms with van der Waals surface area (Å²) in [4.78, 5) is 4.14. The van der Waals surface area contributed by atoms with Crippen LogP contribution in [0.1, 0.15) is 37.6 Å². The molecule has 4 heteroatoms. The number of aromatic nitrogens is 1. The first-order valence-corrected chi connectivity index (χ1v) is 8.08. The summed E-state index contributed by atoms with van der Waals surface area (Å²) in [6, 6.07) is 4.12. The zero-order valence-corrected chi connectivity index (χ0v) is 12.2. The van der Waals surface area contributed by atoms with E-state index >= 15 is 0 Å². The Morgan fingerprint density at radius 3 is 2.53 bits per heavy atom. The van der Waals surface area contributed by atoms with Gasteiger partial charge in [-0.15, -0.1) is 0 Å². The van der Waals surface area contributed by atoms with Crippen LogP contribution in [0.4, 0.5) is 0 Å². The molecular formula is C13H19N2OSi. The van der Waals surface area contributed by atoms with Gasteiger partial charge in [-0.05, 0) is 35.7 Å². The van der Waals surface area contributed by atoms with Gasteiger partial charge in [-0.1, -0.05) is 20.8 Å². The van der Waals surface area contributed by atoms with E-state index < -0.39 is 9.04 Å². The predicted octanol–water partition coefficient (Wildman–Crippen LogP) is 3.02. The van der Waals surface area contributed by atoms with Gasteiger partial charge < -0.3 is 4.43 Å². The molecule has 0 N–H and O–H groups in total. The van der Waals surface area contributed by atoms with Crippen LogP contribution in [0.2, 0.25) is 13.1 Å². The molecule has 0 aromatic carbocycles. The average Bonchev–Trinajstić information content (AvgIpc) is 2.24. The molecule has 0 saturated carbocycles. The first-order valence-electron chi connectivity index (χ1n) is 5.67. The van der Waals surface area contributed by atoms with E-state index in [4.69, 9.17) is 9.69 Å². The SMILES string of the molecule is C[Si](C)OCc1ccnc(C#N)c1C(C)(C)C. The van der Waals surface area contributed by atoms with Crippen molar-refractivity contribution in [3.63, 3.8) is 0 Å². The van der Waals surface area contributed by atoms with Gasteiger partial charge in [-0.25, -0.2) is 4.98 Å². The minimum atomic E-state index is -0.716. The lowest BCUT2D eigenvalue weighted by Gasteiger charge is -2.23. The van der Waals surface area contributed by atoms with E-state index in [9.17, 15) is 0 Å². The number of hydrogen-bond acceptors (Lipinski definition) is 3. The first-order chi connectivity index (χ1) is 7.86. The van der Waals surface area contributed by atoms with Crippen molar-refractivity contribution in [3.8, 4) is 6.07 Å². The summed E-state index contributed by atoms with van der Waals surface area (Å²) in [6.07, 6.45) is 1.68. The van der Waals surface area contributed by atoms with Crippen LogP contribution >= 0.6 is 0 Å². The number of pyridine rings is 1. The molecule has 0 aliphatic rings. The normalized spacial score (nSPS) is 11.6. The van der Waals surface area contributed by atoms with Crippen molar-refractivity contribution in [1.82, 2.24) is 4.98 Å². The summed E-state index contributed by atoms with van der Waals surface area (Å²) < 4.78 is 5.73. The highest BCUT2D eigenvalue weighted by Crippen LogP contribution is 2.28. The standard InChI is InChI=1S/C13H19N2OSi/c1-13(2,3)12-10(9-16-17(4)5)6-7-15-11(12)8-14/h6-7H,9H2,1-5H3. The topological polar surface area (TPSA) is 45.9 Å². The van der Waals surface area contributed by atoms with Crippen molar-refractivity contribution in [2.24, 2.45) is 0 Å². The molecule has 91 valence electrons. The quantitative estimate of drug-likeness (QED) is 0.771. The lowest BCUT2D eigenvalue weighted by molar-refractivity contribution is 0.310. The highest BCUT2D eigenvalue weighted by atomic mass is 28.3. The molecule has 1 radical (unpaired) electrons. The van der Waals surface area contributed by atoms with Crippen molar-refractivity contribution in [3.05, 3.63) is 29.1 Å². The van der Waals surface area contributed by atoms with Gasteiger partial charge in [0.05, 0.1) is 6.61 Å². The molecule has 0 atom stereocenters. The van der Waals surface area contributed by atoms with E-state index in [1.54, 1.807) is 6.20 Å².